The fourth-order valence-electron chi connectivity index (χ4n) is 1.34. The molecule has 0 saturated carbocycles. The van der Waals surface area contributed by atoms with Gasteiger partial charge in [0.05, 0.1) is 14.2 Å². The van der Waals surface area contributed by atoms with E-state index >= 15 is 0 Å². The summed E-state index contributed by atoms with van der Waals surface area (Å²) in [6, 6.07) is 4.29. The molecule has 0 unspecified atom stereocenters. The first kappa shape index (κ1) is 12.9. The molecule has 0 radical (unpaired) electrons. The van der Waals surface area contributed by atoms with Gasteiger partial charge >= 0.3 is 0 Å². The van der Waals surface area contributed by atoms with Gasteiger partial charge in [-0.05, 0) is 18.2 Å². The van der Waals surface area contributed by atoms with Crippen LogP contribution in [0.15, 0.2) is 18.2 Å². The van der Waals surface area contributed by atoms with Crippen molar-refractivity contribution in [3.05, 3.63) is 29.3 Å². The molecule has 1 aromatic carbocycles. The zero-order chi connectivity index (χ0) is 12.2. The molecular weight excluding hydrogens is 216 g/mol. The normalized spacial score (nSPS) is 11.6. The summed E-state index contributed by atoms with van der Waals surface area (Å²) in [5.74, 6) is -2.30. The van der Waals surface area contributed by atoms with Gasteiger partial charge in [0, 0.05) is 24.6 Å². The number of rotatable bonds is 5. The maximum atomic E-state index is 13.1. The SMILES string of the molecule is CONCc1cc(C(C)(F)F)ccc1OC. The number of ether oxygens (including phenoxy) is 1. The molecule has 0 aliphatic carbocycles. The lowest BCUT2D eigenvalue weighted by molar-refractivity contribution is 0.0172. The average molecular weight is 231 g/mol. The van der Waals surface area contributed by atoms with E-state index in [9.17, 15) is 8.78 Å². The van der Waals surface area contributed by atoms with E-state index in [0.29, 0.717) is 17.9 Å². The van der Waals surface area contributed by atoms with Crippen LogP contribution in [0.5, 0.6) is 5.75 Å². The molecule has 90 valence electrons. The first-order chi connectivity index (χ1) is 7.49. The maximum absolute atomic E-state index is 13.1. The molecule has 0 atom stereocenters. The molecule has 0 aromatic heterocycles. The standard InChI is InChI=1S/C11H15F2NO2/c1-11(12,13)9-4-5-10(15-2)8(6-9)7-14-16-3/h4-6,14H,7H2,1-3H3. The second kappa shape index (κ2) is 5.23. The van der Waals surface area contributed by atoms with Gasteiger partial charge in [-0.25, -0.2) is 8.78 Å². The minimum absolute atomic E-state index is 0.0406. The van der Waals surface area contributed by atoms with Gasteiger partial charge in [0.25, 0.3) is 5.92 Å². The number of hydrogen-bond acceptors (Lipinski definition) is 3. The fourth-order valence-corrected chi connectivity index (χ4v) is 1.34. The predicted molar refractivity (Wildman–Crippen MR) is 56.4 cm³/mol. The third kappa shape index (κ3) is 3.15. The van der Waals surface area contributed by atoms with Crippen molar-refractivity contribution in [2.45, 2.75) is 19.4 Å². The smallest absolute Gasteiger partial charge is 0.270 e. The first-order valence-electron chi connectivity index (χ1n) is 4.80. The molecule has 3 nitrogen and oxygen atoms in total. The summed E-state index contributed by atoms with van der Waals surface area (Å²) in [7, 11) is 2.96. The Morgan fingerprint density at radius 3 is 2.50 bits per heavy atom. The molecule has 5 heteroatoms. The summed E-state index contributed by atoms with van der Waals surface area (Å²) in [5.41, 5.74) is 3.18. The van der Waals surface area contributed by atoms with Crippen LogP contribution < -0.4 is 10.2 Å². The molecule has 0 aliphatic rings. The largest absolute Gasteiger partial charge is 0.496 e. The topological polar surface area (TPSA) is 30.5 Å². The van der Waals surface area contributed by atoms with Gasteiger partial charge in [0.2, 0.25) is 0 Å². The third-order valence-electron chi connectivity index (χ3n) is 2.19. The van der Waals surface area contributed by atoms with Crippen LogP contribution in [0, 0.1) is 0 Å². The Hall–Kier alpha value is -1.20. The summed E-state index contributed by atoms with van der Waals surface area (Å²) in [6.07, 6.45) is 0. The Labute approximate surface area is 93.3 Å². The van der Waals surface area contributed by atoms with Crippen molar-refractivity contribution in [3.63, 3.8) is 0 Å². The Morgan fingerprint density at radius 1 is 1.31 bits per heavy atom. The molecular formula is C11H15F2NO2. The Balaban J connectivity index is 3.01. The summed E-state index contributed by atoms with van der Waals surface area (Å²) in [4.78, 5) is 4.68. The van der Waals surface area contributed by atoms with Crippen molar-refractivity contribution in [1.29, 1.82) is 0 Å². The monoisotopic (exact) mass is 231 g/mol. The van der Waals surface area contributed by atoms with Gasteiger partial charge in [-0.1, -0.05) is 0 Å². The van der Waals surface area contributed by atoms with E-state index in [4.69, 9.17) is 4.74 Å². The second-order valence-corrected chi connectivity index (χ2v) is 3.44. The van der Waals surface area contributed by atoms with E-state index in [-0.39, 0.29) is 5.56 Å². The van der Waals surface area contributed by atoms with Crippen LogP contribution in [0.25, 0.3) is 0 Å². The molecule has 0 amide bonds. The zero-order valence-corrected chi connectivity index (χ0v) is 9.51. The number of methoxy groups -OCH3 is 1. The Morgan fingerprint density at radius 2 is 2.00 bits per heavy atom. The van der Waals surface area contributed by atoms with Gasteiger partial charge in [-0.15, -0.1) is 0 Å². The quantitative estimate of drug-likeness (QED) is 0.789. The van der Waals surface area contributed by atoms with Gasteiger partial charge in [0.1, 0.15) is 5.75 Å². The minimum atomic E-state index is -2.85. The van der Waals surface area contributed by atoms with Crippen LogP contribution in [0.2, 0.25) is 0 Å². The lowest BCUT2D eigenvalue weighted by Gasteiger charge is -2.14. The minimum Gasteiger partial charge on any atom is -0.496 e. The lowest BCUT2D eigenvalue weighted by Crippen LogP contribution is -2.14. The van der Waals surface area contributed by atoms with E-state index in [1.807, 2.05) is 0 Å². The van der Waals surface area contributed by atoms with Gasteiger partial charge in [-0.3, -0.25) is 0 Å². The molecule has 1 N–H and O–H groups in total. The molecule has 0 bridgehead atoms. The Kier molecular flexibility index (Phi) is 4.20. The third-order valence-corrected chi connectivity index (χ3v) is 2.19. The summed E-state index contributed by atoms with van der Waals surface area (Å²) < 4.78 is 31.3. The molecule has 0 heterocycles. The van der Waals surface area contributed by atoms with Crippen molar-refractivity contribution >= 4 is 0 Å². The predicted octanol–water partition coefficient (Wildman–Crippen LogP) is 2.46. The molecule has 16 heavy (non-hydrogen) atoms. The molecule has 0 saturated heterocycles. The number of nitrogens with one attached hydrogen (secondary N) is 1. The van der Waals surface area contributed by atoms with E-state index in [1.165, 1.54) is 32.4 Å². The zero-order valence-electron chi connectivity index (χ0n) is 9.51. The highest BCUT2D eigenvalue weighted by Crippen LogP contribution is 2.30. The van der Waals surface area contributed by atoms with E-state index in [2.05, 4.69) is 10.3 Å². The van der Waals surface area contributed by atoms with Crippen LogP contribution in [0.3, 0.4) is 0 Å². The van der Waals surface area contributed by atoms with E-state index < -0.39 is 5.92 Å². The molecule has 1 rings (SSSR count). The number of alkyl halides is 2. The average Bonchev–Trinajstić information content (AvgIpc) is 2.24. The highest BCUT2D eigenvalue weighted by molar-refractivity contribution is 5.38. The number of hydrogen-bond donors (Lipinski definition) is 1. The summed E-state index contributed by atoms with van der Waals surface area (Å²) in [5, 5.41) is 0. The first-order valence-corrected chi connectivity index (χ1v) is 4.80. The number of hydroxylamine groups is 1. The van der Waals surface area contributed by atoms with Gasteiger partial charge < -0.3 is 9.57 Å². The van der Waals surface area contributed by atoms with Gasteiger partial charge in [0.15, 0.2) is 0 Å². The van der Waals surface area contributed by atoms with Crippen molar-refractivity contribution < 1.29 is 18.4 Å². The number of halogens is 2. The summed E-state index contributed by atoms with van der Waals surface area (Å²) >= 11 is 0. The van der Waals surface area contributed by atoms with Crippen LogP contribution in [0.4, 0.5) is 8.78 Å². The van der Waals surface area contributed by atoms with Crippen molar-refractivity contribution in [2.24, 2.45) is 0 Å². The van der Waals surface area contributed by atoms with Crippen LogP contribution in [-0.2, 0) is 17.3 Å². The second-order valence-electron chi connectivity index (χ2n) is 3.44. The van der Waals surface area contributed by atoms with Gasteiger partial charge in [-0.2, -0.15) is 5.48 Å². The van der Waals surface area contributed by atoms with E-state index in [1.54, 1.807) is 0 Å². The molecule has 0 aliphatic heterocycles. The molecule has 0 fully saturated rings. The van der Waals surface area contributed by atoms with Crippen LogP contribution >= 0.6 is 0 Å². The highest BCUT2D eigenvalue weighted by atomic mass is 19.3. The number of benzene rings is 1. The van der Waals surface area contributed by atoms with Crippen LogP contribution in [-0.4, -0.2) is 14.2 Å². The Bertz CT molecular complexity index is 350. The van der Waals surface area contributed by atoms with Crippen molar-refractivity contribution in [1.82, 2.24) is 5.48 Å². The van der Waals surface area contributed by atoms with Crippen LogP contribution in [0.1, 0.15) is 18.1 Å². The van der Waals surface area contributed by atoms with E-state index in [0.717, 1.165) is 6.92 Å². The molecule has 1 aromatic rings. The maximum Gasteiger partial charge on any atom is 0.270 e. The summed E-state index contributed by atoms with van der Waals surface area (Å²) in [6.45, 7) is 1.17. The molecule has 0 spiro atoms. The highest BCUT2D eigenvalue weighted by Gasteiger charge is 2.25. The van der Waals surface area contributed by atoms with Crippen molar-refractivity contribution in [3.8, 4) is 5.75 Å². The van der Waals surface area contributed by atoms with Crippen molar-refractivity contribution in [2.75, 3.05) is 14.2 Å². The fraction of sp³-hybridized carbons (Fsp3) is 0.455. The lowest BCUT2D eigenvalue weighted by atomic mass is 10.1.